The molecule has 9 nitrogen and oxygen atoms in total. The summed E-state index contributed by atoms with van der Waals surface area (Å²) < 4.78 is 7.44. The Balaban J connectivity index is 1.48. The molecule has 0 spiro atoms. The second-order valence-corrected chi connectivity index (χ2v) is 8.80. The number of nitriles is 1. The lowest BCUT2D eigenvalue weighted by Gasteiger charge is -2.34. The molecule has 2 amide bonds. The molecule has 1 fully saturated rings. The summed E-state index contributed by atoms with van der Waals surface area (Å²) >= 11 is 0. The predicted octanol–water partition coefficient (Wildman–Crippen LogP) is 1.67. The number of nitrogens with one attached hydrogen (secondary N) is 2. The second-order valence-electron chi connectivity index (χ2n) is 8.80. The van der Waals surface area contributed by atoms with Gasteiger partial charge < -0.3 is 24.8 Å². The van der Waals surface area contributed by atoms with Gasteiger partial charge >= 0.3 is 6.09 Å². The van der Waals surface area contributed by atoms with Crippen LogP contribution in [0.5, 0.6) is 0 Å². The first-order valence-corrected chi connectivity index (χ1v) is 10.7. The minimum absolute atomic E-state index is 0.142. The molecule has 1 aromatic carbocycles. The van der Waals surface area contributed by atoms with Gasteiger partial charge in [-0.3, -0.25) is 4.79 Å². The minimum Gasteiger partial charge on any atom is -0.444 e. The zero-order chi connectivity index (χ0) is 23.1. The van der Waals surface area contributed by atoms with Gasteiger partial charge in [0.25, 0.3) is 0 Å². The van der Waals surface area contributed by atoms with Crippen molar-refractivity contribution in [3.8, 4) is 6.07 Å². The number of carbonyl (C=O) groups excluding carboxylic acids is 2. The largest absolute Gasteiger partial charge is 0.444 e. The topological polar surface area (TPSA) is 112 Å². The van der Waals surface area contributed by atoms with Gasteiger partial charge in [-0.05, 0) is 38.5 Å². The summed E-state index contributed by atoms with van der Waals surface area (Å²) in [4.78, 5) is 30.7. The molecule has 1 saturated heterocycles. The third kappa shape index (κ3) is 6.56. The summed E-state index contributed by atoms with van der Waals surface area (Å²) in [6.07, 6.45) is 3.78. The Labute approximate surface area is 188 Å². The number of hydrogen-bond acceptors (Lipinski definition) is 6. The molecule has 1 aromatic heterocycles. The van der Waals surface area contributed by atoms with Crippen LogP contribution in [0, 0.1) is 11.3 Å². The highest BCUT2D eigenvalue weighted by atomic mass is 16.6. The van der Waals surface area contributed by atoms with Crippen LogP contribution >= 0.6 is 0 Å². The Morgan fingerprint density at radius 2 is 2.06 bits per heavy atom. The van der Waals surface area contributed by atoms with Crippen molar-refractivity contribution in [2.45, 2.75) is 45.4 Å². The molecule has 9 heteroatoms. The van der Waals surface area contributed by atoms with Gasteiger partial charge in [0, 0.05) is 51.0 Å². The molecule has 0 bridgehead atoms. The number of piperazine rings is 1. The van der Waals surface area contributed by atoms with Crippen molar-refractivity contribution in [2.75, 3.05) is 26.2 Å². The van der Waals surface area contributed by atoms with Crippen LogP contribution in [0.15, 0.2) is 36.8 Å². The molecule has 0 radical (unpaired) electrons. The first-order valence-electron chi connectivity index (χ1n) is 10.7. The van der Waals surface area contributed by atoms with Gasteiger partial charge in [-0.15, -0.1) is 0 Å². The van der Waals surface area contributed by atoms with Gasteiger partial charge in [-0.2, -0.15) is 5.26 Å². The molecule has 2 heterocycles. The van der Waals surface area contributed by atoms with Crippen LogP contribution in [0.4, 0.5) is 4.79 Å². The van der Waals surface area contributed by atoms with E-state index in [9.17, 15) is 9.59 Å². The number of amides is 2. The number of rotatable bonds is 6. The van der Waals surface area contributed by atoms with Crippen LogP contribution in [0.25, 0.3) is 0 Å². The molecular formula is C23H30N6O3. The van der Waals surface area contributed by atoms with Crippen LogP contribution in [-0.4, -0.2) is 64.3 Å². The summed E-state index contributed by atoms with van der Waals surface area (Å²) in [5, 5.41) is 15.0. The summed E-state index contributed by atoms with van der Waals surface area (Å²) in [5.74, 6) is -0.142. The van der Waals surface area contributed by atoms with Crippen LogP contribution in [-0.2, 0) is 22.5 Å². The van der Waals surface area contributed by atoms with Crippen molar-refractivity contribution in [2.24, 2.45) is 0 Å². The van der Waals surface area contributed by atoms with Gasteiger partial charge in [0.1, 0.15) is 11.6 Å². The van der Waals surface area contributed by atoms with Crippen molar-refractivity contribution < 1.29 is 14.3 Å². The van der Waals surface area contributed by atoms with E-state index >= 15 is 0 Å². The average Bonchev–Trinajstić information content (AvgIpc) is 3.20. The lowest BCUT2D eigenvalue weighted by molar-refractivity contribution is -0.124. The van der Waals surface area contributed by atoms with E-state index in [1.807, 2.05) is 37.5 Å². The fraction of sp³-hybridized carbons (Fsp3) is 0.478. The Kier molecular flexibility index (Phi) is 7.49. The number of aromatic nitrogens is 2. The van der Waals surface area contributed by atoms with Gasteiger partial charge in [-0.1, -0.05) is 12.1 Å². The Morgan fingerprint density at radius 1 is 1.31 bits per heavy atom. The zero-order valence-electron chi connectivity index (χ0n) is 18.8. The molecular weight excluding hydrogens is 408 g/mol. The maximum Gasteiger partial charge on any atom is 0.410 e. The number of imidazole rings is 1. The van der Waals surface area contributed by atoms with Crippen molar-refractivity contribution in [1.82, 2.24) is 25.1 Å². The fourth-order valence-electron chi connectivity index (χ4n) is 3.43. The first-order chi connectivity index (χ1) is 15.2. The Bertz CT molecular complexity index is 971. The third-order valence-electron chi connectivity index (χ3n) is 5.06. The van der Waals surface area contributed by atoms with E-state index in [2.05, 4.69) is 21.7 Å². The number of carbonyl (C=O) groups is 2. The smallest absolute Gasteiger partial charge is 0.410 e. The lowest BCUT2D eigenvalue weighted by atomic mass is 10.1. The van der Waals surface area contributed by atoms with Gasteiger partial charge in [0.15, 0.2) is 0 Å². The van der Waals surface area contributed by atoms with Crippen molar-refractivity contribution >= 4 is 12.0 Å². The number of hydrogen-bond donors (Lipinski definition) is 2. The molecule has 3 rings (SSSR count). The maximum atomic E-state index is 12.6. The summed E-state index contributed by atoms with van der Waals surface area (Å²) in [7, 11) is 0. The summed E-state index contributed by atoms with van der Waals surface area (Å²) in [5.41, 5.74) is 2.13. The van der Waals surface area contributed by atoms with Crippen LogP contribution in [0.1, 0.15) is 37.6 Å². The van der Waals surface area contributed by atoms with Crippen LogP contribution < -0.4 is 10.6 Å². The molecule has 1 atom stereocenters. The van der Waals surface area contributed by atoms with E-state index in [0.29, 0.717) is 38.2 Å². The van der Waals surface area contributed by atoms with E-state index < -0.39 is 17.7 Å². The molecule has 2 aromatic rings. The predicted molar refractivity (Wildman–Crippen MR) is 119 cm³/mol. The van der Waals surface area contributed by atoms with Crippen molar-refractivity contribution in [1.29, 1.82) is 5.26 Å². The maximum absolute atomic E-state index is 12.6. The van der Waals surface area contributed by atoms with E-state index in [1.165, 1.54) is 0 Å². The SMILES string of the molecule is CC(C)(C)OC(=O)N1CCN[C@@H](C(=O)NCCc2cncn2Cc2ccc(C#N)cc2)C1. The quantitative estimate of drug-likeness (QED) is 0.710. The number of benzene rings is 1. The van der Waals surface area contributed by atoms with Gasteiger partial charge in [0.05, 0.1) is 18.0 Å². The van der Waals surface area contributed by atoms with Crippen LogP contribution in [0.3, 0.4) is 0 Å². The highest BCUT2D eigenvalue weighted by Crippen LogP contribution is 2.12. The van der Waals surface area contributed by atoms with E-state index in [0.717, 1.165) is 11.3 Å². The second kappa shape index (κ2) is 10.3. The summed E-state index contributed by atoms with van der Waals surface area (Å²) in [6.45, 7) is 7.89. The molecule has 2 N–H and O–H groups in total. The molecule has 32 heavy (non-hydrogen) atoms. The molecule has 170 valence electrons. The molecule has 0 unspecified atom stereocenters. The van der Waals surface area contributed by atoms with E-state index in [4.69, 9.17) is 10.00 Å². The molecule has 1 aliphatic heterocycles. The molecule has 0 saturated carbocycles. The molecule has 0 aliphatic carbocycles. The van der Waals surface area contributed by atoms with Crippen molar-refractivity contribution in [3.63, 3.8) is 0 Å². The van der Waals surface area contributed by atoms with E-state index in [1.54, 1.807) is 29.6 Å². The van der Waals surface area contributed by atoms with E-state index in [-0.39, 0.29) is 12.5 Å². The highest BCUT2D eigenvalue weighted by Gasteiger charge is 2.30. The average molecular weight is 439 g/mol. The number of nitrogens with zero attached hydrogens (tertiary/aromatic N) is 4. The highest BCUT2D eigenvalue weighted by molar-refractivity contribution is 5.83. The molecule has 1 aliphatic rings. The fourth-order valence-corrected chi connectivity index (χ4v) is 3.43. The van der Waals surface area contributed by atoms with Gasteiger partial charge in [0.2, 0.25) is 5.91 Å². The Hall–Kier alpha value is -3.38. The first kappa shape index (κ1) is 23.3. The normalized spacial score (nSPS) is 16.3. The zero-order valence-corrected chi connectivity index (χ0v) is 18.8. The van der Waals surface area contributed by atoms with Gasteiger partial charge in [-0.25, -0.2) is 9.78 Å². The third-order valence-corrected chi connectivity index (χ3v) is 5.06. The lowest BCUT2D eigenvalue weighted by Crippen LogP contribution is -2.59. The van der Waals surface area contributed by atoms with Crippen molar-refractivity contribution in [3.05, 3.63) is 53.6 Å². The Morgan fingerprint density at radius 3 is 2.75 bits per heavy atom. The minimum atomic E-state index is -0.569. The van der Waals surface area contributed by atoms with Crippen LogP contribution in [0.2, 0.25) is 0 Å². The standard InChI is InChI=1S/C23H30N6O3/c1-23(2,3)32-22(31)28-11-10-26-20(15-28)21(30)27-9-8-19-13-25-16-29(19)14-18-6-4-17(12-24)5-7-18/h4-7,13,16,20,26H,8-11,14-15H2,1-3H3,(H,27,30)/t20-/m1/s1. The monoisotopic (exact) mass is 438 g/mol. The summed E-state index contributed by atoms with van der Waals surface area (Å²) in [6, 6.07) is 9.09. The number of ether oxygens (including phenoxy) is 1.